The lowest BCUT2D eigenvalue weighted by Gasteiger charge is -2.35. The van der Waals surface area contributed by atoms with Crippen LogP contribution in [-0.4, -0.2) is 63.8 Å². The van der Waals surface area contributed by atoms with Gasteiger partial charge in [0, 0.05) is 25.2 Å². The van der Waals surface area contributed by atoms with Crippen molar-refractivity contribution >= 4 is 12.0 Å². The molecule has 0 aliphatic heterocycles. The van der Waals surface area contributed by atoms with Crippen molar-refractivity contribution < 1.29 is 19.8 Å². The molecule has 0 fully saturated rings. The first-order valence-electron chi connectivity index (χ1n) is 6.75. The summed E-state index contributed by atoms with van der Waals surface area (Å²) in [4.78, 5) is 26.3. The Morgan fingerprint density at radius 2 is 1.74 bits per heavy atom. The standard InChI is InChI=1S/C13H26N2O4/c1-5-11(4)15(9-12(17)18)13(19)14(10(2)3)7-6-8-16/h10-11,16H,5-9H2,1-4H3,(H,17,18). The number of carbonyl (C=O) groups excluding carboxylic acids is 1. The van der Waals surface area contributed by atoms with E-state index < -0.39 is 5.97 Å². The highest BCUT2D eigenvalue weighted by Gasteiger charge is 2.27. The van der Waals surface area contributed by atoms with Crippen LogP contribution in [0, 0.1) is 0 Å². The van der Waals surface area contributed by atoms with E-state index in [-0.39, 0.29) is 31.3 Å². The molecule has 1 atom stereocenters. The average molecular weight is 274 g/mol. The third-order valence-electron chi connectivity index (χ3n) is 3.10. The topological polar surface area (TPSA) is 81.1 Å². The number of urea groups is 1. The molecule has 0 aliphatic rings. The number of carboxylic acids is 1. The highest BCUT2D eigenvalue weighted by Crippen LogP contribution is 2.11. The zero-order chi connectivity index (χ0) is 15.0. The third kappa shape index (κ3) is 5.92. The van der Waals surface area contributed by atoms with E-state index in [2.05, 4.69) is 0 Å². The van der Waals surface area contributed by atoms with Crippen LogP contribution < -0.4 is 0 Å². The predicted octanol–water partition coefficient (Wildman–Crippen LogP) is 1.38. The molecule has 0 aromatic rings. The van der Waals surface area contributed by atoms with Gasteiger partial charge < -0.3 is 20.0 Å². The quantitative estimate of drug-likeness (QED) is 0.700. The maximum Gasteiger partial charge on any atom is 0.323 e. The summed E-state index contributed by atoms with van der Waals surface area (Å²) < 4.78 is 0. The second-order valence-corrected chi connectivity index (χ2v) is 4.93. The molecule has 0 aromatic carbocycles. The number of aliphatic hydroxyl groups is 1. The van der Waals surface area contributed by atoms with E-state index in [1.807, 2.05) is 27.7 Å². The van der Waals surface area contributed by atoms with E-state index >= 15 is 0 Å². The number of aliphatic hydroxyl groups excluding tert-OH is 1. The van der Waals surface area contributed by atoms with Crippen LogP contribution in [0.3, 0.4) is 0 Å². The Morgan fingerprint density at radius 1 is 1.16 bits per heavy atom. The van der Waals surface area contributed by atoms with Gasteiger partial charge in [0.1, 0.15) is 6.54 Å². The van der Waals surface area contributed by atoms with Gasteiger partial charge in [0.25, 0.3) is 0 Å². The molecule has 0 saturated carbocycles. The van der Waals surface area contributed by atoms with E-state index in [0.717, 1.165) is 0 Å². The van der Waals surface area contributed by atoms with E-state index in [1.54, 1.807) is 4.90 Å². The van der Waals surface area contributed by atoms with E-state index in [4.69, 9.17) is 10.2 Å². The Morgan fingerprint density at radius 3 is 2.11 bits per heavy atom. The highest BCUT2D eigenvalue weighted by molar-refractivity contribution is 5.80. The largest absolute Gasteiger partial charge is 0.480 e. The molecule has 0 spiro atoms. The van der Waals surface area contributed by atoms with Gasteiger partial charge in [-0.05, 0) is 33.6 Å². The van der Waals surface area contributed by atoms with Crippen LogP contribution in [0.1, 0.15) is 40.5 Å². The van der Waals surface area contributed by atoms with Crippen LogP contribution in [-0.2, 0) is 4.79 Å². The van der Waals surface area contributed by atoms with Crippen molar-refractivity contribution in [1.29, 1.82) is 0 Å². The molecule has 0 rings (SSSR count). The Balaban J connectivity index is 4.94. The average Bonchev–Trinajstić information content (AvgIpc) is 2.34. The van der Waals surface area contributed by atoms with Crippen LogP contribution >= 0.6 is 0 Å². The zero-order valence-corrected chi connectivity index (χ0v) is 12.3. The lowest BCUT2D eigenvalue weighted by molar-refractivity contribution is -0.138. The van der Waals surface area contributed by atoms with Gasteiger partial charge in [0.15, 0.2) is 0 Å². The molecule has 0 saturated heterocycles. The first-order valence-corrected chi connectivity index (χ1v) is 6.75. The Bertz CT molecular complexity index is 294. The van der Waals surface area contributed by atoms with Crippen LogP contribution in [0.25, 0.3) is 0 Å². The fourth-order valence-corrected chi connectivity index (χ4v) is 1.76. The minimum atomic E-state index is -1.01. The van der Waals surface area contributed by atoms with E-state index in [1.165, 1.54) is 4.90 Å². The van der Waals surface area contributed by atoms with Gasteiger partial charge >= 0.3 is 12.0 Å². The number of aliphatic carboxylic acids is 1. The SMILES string of the molecule is CCC(C)N(CC(=O)O)C(=O)N(CCCO)C(C)C. The fourth-order valence-electron chi connectivity index (χ4n) is 1.76. The predicted molar refractivity (Wildman–Crippen MR) is 73.0 cm³/mol. The maximum atomic E-state index is 12.4. The number of hydrogen-bond acceptors (Lipinski definition) is 3. The monoisotopic (exact) mass is 274 g/mol. The Hall–Kier alpha value is -1.30. The second kappa shape index (κ2) is 8.74. The number of rotatable bonds is 8. The highest BCUT2D eigenvalue weighted by atomic mass is 16.4. The minimum Gasteiger partial charge on any atom is -0.480 e. The van der Waals surface area contributed by atoms with Crippen molar-refractivity contribution in [1.82, 2.24) is 9.80 Å². The van der Waals surface area contributed by atoms with Crippen molar-refractivity contribution in [3.8, 4) is 0 Å². The first-order chi connectivity index (χ1) is 8.84. The van der Waals surface area contributed by atoms with Crippen LogP contribution in [0.15, 0.2) is 0 Å². The third-order valence-corrected chi connectivity index (χ3v) is 3.10. The number of amides is 2. The first kappa shape index (κ1) is 17.7. The van der Waals surface area contributed by atoms with Gasteiger partial charge in [-0.1, -0.05) is 6.92 Å². The summed E-state index contributed by atoms with van der Waals surface area (Å²) in [5.74, 6) is -1.01. The molecule has 112 valence electrons. The summed E-state index contributed by atoms with van der Waals surface area (Å²) >= 11 is 0. The van der Waals surface area contributed by atoms with Crippen molar-refractivity contribution in [3.05, 3.63) is 0 Å². The molecule has 0 bridgehead atoms. The van der Waals surface area contributed by atoms with Crippen molar-refractivity contribution in [2.45, 2.75) is 52.6 Å². The minimum absolute atomic E-state index is 0.0127. The zero-order valence-electron chi connectivity index (χ0n) is 12.3. The summed E-state index contributed by atoms with van der Waals surface area (Å²) in [6.07, 6.45) is 1.19. The smallest absolute Gasteiger partial charge is 0.323 e. The molecular formula is C13H26N2O4. The molecule has 1 unspecified atom stereocenters. The van der Waals surface area contributed by atoms with Gasteiger partial charge in [-0.2, -0.15) is 0 Å². The fraction of sp³-hybridized carbons (Fsp3) is 0.846. The Labute approximate surface area is 115 Å². The number of nitrogens with zero attached hydrogens (tertiary/aromatic N) is 2. The number of carbonyl (C=O) groups is 2. The molecule has 6 heteroatoms. The normalized spacial score (nSPS) is 12.3. The van der Waals surface area contributed by atoms with Crippen molar-refractivity contribution in [2.75, 3.05) is 19.7 Å². The van der Waals surface area contributed by atoms with Crippen molar-refractivity contribution in [3.63, 3.8) is 0 Å². The summed E-state index contributed by atoms with van der Waals surface area (Å²) in [6.45, 7) is 7.66. The summed E-state index contributed by atoms with van der Waals surface area (Å²) in [6, 6.07) is -0.432. The molecule has 0 radical (unpaired) electrons. The molecule has 19 heavy (non-hydrogen) atoms. The molecule has 6 nitrogen and oxygen atoms in total. The Kier molecular flexibility index (Phi) is 8.14. The van der Waals surface area contributed by atoms with Crippen molar-refractivity contribution in [2.24, 2.45) is 0 Å². The van der Waals surface area contributed by atoms with E-state index in [9.17, 15) is 9.59 Å². The summed E-state index contributed by atoms with van der Waals surface area (Å²) in [7, 11) is 0. The van der Waals surface area contributed by atoms with Gasteiger partial charge in [0.05, 0.1) is 0 Å². The molecule has 2 N–H and O–H groups in total. The summed E-state index contributed by atoms with van der Waals surface area (Å²) in [5.41, 5.74) is 0. The van der Waals surface area contributed by atoms with Gasteiger partial charge in [-0.15, -0.1) is 0 Å². The lowest BCUT2D eigenvalue weighted by atomic mass is 10.2. The molecular weight excluding hydrogens is 248 g/mol. The second-order valence-electron chi connectivity index (χ2n) is 4.93. The molecule has 0 aromatic heterocycles. The van der Waals surface area contributed by atoms with Gasteiger partial charge in [-0.3, -0.25) is 4.79 Å². The van der Waals surface area contributed by atoms with Gasteiger partial charge in [0.2, 0.25) is 0 Å². The molecule has 0 heterocycles. The number of hydrogen-bond donors (Lipinski definition) is 2. The number of carboxylic acid groups (broad SMARTS) is 1. The van der Waals surface area contributed by atoms with Crippen LogP contribution in [0.4, 0.5) is 4.79 Å². The lowest BCUT2D eigenvalue weighted by Crippen LogP contribution is -2.51. The molecule has 2 amide bonds. The van der Waals surface area contributed by atoms with Gasteiger partial charge in [-0.25, -0.2) is 4.79 Å². The molecule has 0 aliphatic carbocycles. The summed E-state index contributed by atoms with van der Waals surface area (Å²) in [5, 5.41) is 17.8. The van der Waals surface area contributed by atoms with E-state index in [0.29, 0.717) is 19.4 Å². The maximum absolute atomic E-state index is 12.4. The van der Waals surface area contributed by atoms with Crippen LogP contribution in [0.2, 0.25) is 0 Å². The van der Waals surface area contributed by atoms with Crippen LogP contribution in [0.5, 0.6) is 0 Å².